The van der Waals surface area contributed by atoms with Gasteiger partial charge >= 0.3 is 0 Å². The van der Waals surface area contributed by atoms with Gasteiger partial charge in [0.15, 0.2) is 0 Å². The quantitative estimate of drug-likeness (QED) is 0.131. The van der Waals surface area contributed by atoms with Crippen molar-refractivity contribution >= 4 is 44.5 Å². The second kappa shape index (κ2) is 14.5. The van der Waals surface area contributed by atoms with Gasteiger partial charge in [0.1, 0.15) is 11.4 Å². The fourth-order valence-electron chi connectivity index (χ4n) is 3.27. The number of hydrogen-bond donors (Lipinski definition) is 4. The molecule has 0 aliphatic rings. The van der Waals surface area contributed by atoms with E-state index in [4.69, 9.17) is 29.0 Å². The summed E-state index contributed by atoms with van der Waals surface area (Å²) < 4.78 is 34.1. The van der Waals surface area contributed by atoms with Crippen LogP contribution >= 0.6 is 0 Å². The van der Waals surface area contributed by atoms with E-state index >= 15 is 0 Å². The molecule has 39 heavy (non-hydrogen) atoms. The Balaban J connectivity index is 0.000000234. The zero-order chi connectivity index (χ0) is 29.0. The molecule has 0 saturated carbocycles. The maximum Gasteiger partial charge on any atom is 0.232 e. The summed E-state index contributed by atoms with van der Waals surface area (Å²) in [5.41, 5.74) is 21.3. The smallest absolute Gasteiger partial charge is 0.232 e. The highest BCUT2D eigenvalue weighted by molar-refractivity contribution is 7.79. The molecule has 0 aromatic heterocycles. The highest BCUT2D eigenvalue weighted by atomic mass is 32.3. The summed E-state index contributed by atoms with van der Waals surface area (Å²) in [6.45, 7) is 8.11. The summed E-state index contributed by atoms with van der Waals surface area (Å²) >= 11 is 0. The Morgan fingerprint density at radius 1 is 0.615 bits per heavy atom. The van der Waals surface area contributed by atoms with E-state index < -0.39 is 10.4 Å². The van der Waals surface area contributed by atoms with Gasteiger partial charge in [-0.25, -0.2) is 0 Å². The Hall–Kier alpha value is -4.45. The largest absolute Gasteiger partial charge is 0.759 e. The fraction of sp³-hybridized carbons (Fsp3) is 0.143. The third-order valence-corrected chi connectivity index (χ3v) is 5.12. The monoisotopic (exact) mass is 548 g/mol. The van der Waals surface area contributed by atoms with Crippen LogP contribution in [0, 0.1) is 27.7 Å². The molecule has 0 unspecified atom stereocenters. The van der Waals surface area contributed by atoms with E-state index in [2.05, 4.69) is 20.5 Å². The van der Waals surface area contributed by atoms with Gasteiger partial charge in [-0.2, -0.15) is 0 Å². The SMILES string of the molecule is Cc1cccc(N=[NH+]c2ccc(N)cc2C)c1.Cc1cccc(N=[NH+]c2ccc(N)cc2C)c1.O=S(=O)([O-])[O-]. The van der Waals surface area contributed by atoms with Crippen molar-refractivity contribution in [2.75, 3.05) is 11.5 Å². The van der Waals surface area contributed by atoms with Gasteiger partial charge in [-0.1, -0.05) is 34.5 Å². The Morgan fingerprint density at radius 2 is 0.974 bits per heavy atom. The molecule has 0 radical (unpaired) electrons. The Bertz CT molecular complexity index is 1460. The molecule has 0 amide bonds. The van der Waals surface area contributed by atoms with Crippen molar-refractivity contribution in [3.8, 4) is 0 Å². The number of nitrogens with two attached hydrogens (primary N) is 2. The highest BCUT2D eigenvalue weighted by Crippen LogP contribution is 2.15. The van der Waals surface area contributed by atoms with E-state index in [0.29, 0.717) is 0 Å². The molecule has 0 saturated heterocycles. The summed E-state index contributed by atoms with van der Waals surface area (Å²) in [6, 6.07) is 27.5. The molecule has 0 fully saturated rings. The Kier molecular flexibility index (Phi) is 11.4. The molecule has 10 nitrogen and oxygen atoms in total. The van der Waals surface area contributed by atoms with E-state index in [1.54, 1.807) is 0 Å². The first-order valence-corrected chi connectivity index (χ1v) is 13.1. The number of azo groups is 2. The van der Waals surface area contributed by atoms with E-state index in [1.807, 2.05) is 113 Å². The number of benzene rings is 4. The number of aryl methyl sites for hydroxylation is 4. The van der Waals surface area contributed by atoms with E-state index in [-0.39, 0.29) is 0 Å². The lowest BCUT2D eigenvalue weighted by atomic mass is 10.2. The normalized spacial score (nSPS) is 11.0. The van der Waals surface area contributed by atoms with Crippen molar-refractivity contribution in [1.82, 2.24) is 0 Å². The summed E-state index contributed by atoms with van der Waals surface area (Å²) in [5.74, 6) is 0. The van der Waals surface area contributed by atoms with Gasteiger partial charge in [-0.15, -0.1) is 0 Å². The van der Waals surface area contributed by atoms with Crippen LogP contribution in [0.4, 0.5) is 34.1 Å². The zero-order valence-electron chi connectivity index (χ0n) is 22.2. The molecule has 0 bridgehead atoms. The third kappa shape index (κ3) is 12.6. The van der Waals surface area contributed by atoms with Crippen LogP contribution < -0.4 is 21.7 Å². The van der Waals surface area contributed by atoms with Gasteiger partial charge in [0, 0.05) is 45.0 Å². The molecule has 4 aromatic rings. The van der Waals surface area contributed by atoms with Crippen LogP contribution in [0.5, 0.6) is 0 Å². The van der Waals surface area contributed by atoms with Crippen molar-refractivity contribution < 1.29 is 27.8 Å². The number of hydrogen-bond acceptors (Lipinski definition) is 8. The van der Waals surface area contributed by atoms with Crippen LogP contribution in [0.1, 0.15) is 22.3 Å². The predicted molar refractivity (Wildman–Crippen MR) is 149 cm³/mol. The molecular formula is C28H32N6O4S. The maximum absolute atomic E-state index is 8.52. The molecule has 4 aromatic carbocycles. The number of rotatable bonds is 4. The van der Waals surface area contributed by atoms with E-state index in [0.717, 1.165) is 45.3 Å². The number of nitrogens with one attached hydrogen (secondary N) is 2. The highest BCUT2D eigenvalue weighted by Gasteiger charge is 2.04. The first-order chi connectivity index (χ1) is 18.3. The van der Waals surface area contributed by atoms with Gasteiger partial charge in [0.05, 0.1) is 0 Å². The fourth-order valence-corrected chi connectivity index (χ4v) is 3.27. The molecule has 0 atom stereocenters. The van der Waals surface area contributed by atoms with Gasteiger partial charge < -0.3 is 20.6 Å². The Labute approximate surface area is 228 Å². The van der Waals surface area contributed by atoms with E-state index in [1.165, 1.54) is 11.1 Å². The van der Waals surface area contributed by atoms with Crippen LogP contribution in [0.25, 0.3) is 0 Å². The lowest BCUT2D eigenvalue weighted by molar-refractivity contribution is -0.434. The first-order valence-electron chi connectivity index (χ1n) is 11.8. The minimum absolute atomic E-state index is 0.767. The second-order valence-electron chi connectivity index (χ2n) is 8.68. The molecule has 0 aliphatic heterocycles. The molecular weight excluding hydrogens is 516 g/mol. The summed E-state index contributed by atoms with van der Waals surface area (Å²) in [4.78, 5) is 0. The van der Waals surface area contributed by atoms with Crippen molar-refractivity contribution in [2.45, 2.75) is 27.7 Å². The maximum atomic E-state index is 8.52. The minimum Gasteiger partial charge on any atom is -0.759 e. The van der Waals surface area contributed by atoms with Crippen LogP contribution in [0.3, 0.4) is 0 Å². The molecule has 11 heteroatoms. The molecule has 0 spiro atoms. The number of nitrogen functional groups attached to an aromatic ring is 2. The summed E-state index contributed by atoms with van der Waals surface area (Å²) in [7, 11) is -5.17. The van der Waals surface area contributed by atoms with E-state index in [9.17, 15) is 0 Å². The summed E-state index contributed by atoms with van der Waals surface area (Å²) in [6.07, 6.45) is 0. The van der Waals surface area contributed by atoms with Crippen molar-refractivity contribution in [3.05, 3.63) is 107 Å². The lowest BCUT2D eigenvalue weighted by Crippen LogP contribution is -2.57. The molecule has 204 valence electrons. The molecule has 0 heterocycles. The van der Waals surface area contributed by atoms with Crippen LogP contribution in [0.15, 0.2) is 95.2 Å². The lowest BCUT2D eigenvalue weighted by Gasteiger charge is -2.06. The topological polar surface area (TPSA) is 185 Å². The third-order valence-electron chi connectivity index (χ3n) is 5.12. The molecule has 6 N–H and O–H groups in total. The number of anilines is 2. The van der Waals surface area contributed by atoms with Crippen LogP contribution in [0.2, 0.25) is 0 Å². The average Bonchev–Trinajstić information content (AvgIpc) is 2.82. The standard InChI is InChI=1S/2C14H15N3.H2O4S/c2*1-10-4-3-5-13(8-10)16-17-14-7-6-12(15)9-11(14)2;1-5(2,3)4/h2*3-9H,15H2,1-2H3;(H2,1,2,3,4). The zero-order valence-corrected chi connectivity index (χ0v) is 23.0. The second-order valence-corrected chi connectivity index (χ2v) is 9.50. The van der Waals surface area contributed by atoms with Crippen LogP contribution in [-0.4, -0.2) is 17.5 Å². The average molecular weight is 549 g/mol. The van der Waals surface area contributed by atoms with Gasteiger partial charge in [-0.3, -0.25) is 8.42 Å². The van der Waals surface area contributed by atoms with Crippen molar-refractivity contribution in [2.24, 2.45) is 10.2 Å². The molecule has 4 rings (SSSR count). The van der Waals surface area contributed by atoms with Gasteiger partial charge in [0.2, 0.25) is 11.4 Å². The first kappa shape index (κ1) is 30.8. The Morgan fingerprint density at radius 3 is 1.28 bits per heavy atom. The predicted octanol–water partition coefficient (Wildman–Crippen LogP) is 3.43. The van der Waals surface area contributed by atoms with Crippen molar-refractivity contribution in [1.29, 1.82) is 0 Å². The van der Waals surface area contributed by atoms with Crippen LogP contribution in [-0.2, 0) is 10.4 Å². The minimum atomic E-state index is -5.17. The molecule has 0 aliphatic carbocycles. The van der Waals surface area contributed by atoms with Crippen molar-refractivity contribution in [3.63, 3.8) is 0 Å². The number of nitrogens with zero attached hydrogens (tertiary/aromatic N) is 2. The summed E-state index contributed by atoms with van der Waals surface area (Å²) in [5, 5.41) is 14.8. The van der Waals surface area contributed by atoms with Gasteiger partial charge in [-0.05, 0) is 97.6 Å². The van der Waals surface area contributed by atoms with Gasteiger partial charge in [0.25, 0.3) is 0 Å².